The van der Waals surface area contributed by atoms with Crippen LogP contribution in [0.25, 0.3) is 0 Å². The monoisotopic (exact) mass is 230 g/mol. The molecule has 0 N–H and O–H groups in total. The largest absolute Gasteiger partial charge is 0.298 e. The van der Waals surface area contributed by atoms with Gasteiger partial charge in [0.15, 0.2) is 21.1 Å². The molecule has 0 spiro atoms. The first-order valence-corrected chi connectivity index (χ1v) is 6.53. The van der Waals surface area contributed by atoms with E-state index in [1.165, 1.54) is 10.9 Å². The molecule has 6 heteroatoms. The highest BCUT2D eigenvalue weighted by molar-refractivity contribution is 7.90. The van der Waals surface area contributed by atoms with E-state index in [4.69, 9.17) is 0 Å². The molecule has 1 unspecified atom stereocenters. The highest BCUT2D eigenvalue weighted by Crippen LogP contribution is 2.19. The summed E-state index contributed by atoms with van der Waals surface area (Å²) >= 11 is 0. The number of sulfone groups is 1. The van der Waals surface area contributed by atoms with Gasteiger partial charge in [0.25, 0.3) is 0 Å². The van der Waals surface area contributed by atoms with E-state index in [1.54, 1.807) is 0 Å². The summed E-state index contributed by atoms with van der Waals surface area (Å²) in [6.45, 7) is 3.79. The fraction of sp³-hybridized carbons (Fsp3) is 0.556. The Bertz CT molecular complexity index is 462. The SMILES string of the molecule is CCC(C)n1ncc(C=O)c1S(C)(=O)=O. The Morgan fingerprint density at radius 2 is 2.20 bits per heavy atom. The van der Waals surface area contributed by atoms with Crippen molar-refractivity contribution in [3.05, 3.63) is 11.8 Å². The van der Waals surface area contributed by atoms with Crippen LogP contribution in [0.4, 0.5) is 0 Å². The summed E-state index contributed by atoms with van der Waals surface area (Å²) in [5.74, 6) is 0. The summed E-state index contributed by atoms with van der Waals surface area (Å²) in [5, 5.41) is 3.94. The van der Waals surface area contributed by atoms with Crippen LogP contribution in [0, 0.1) is 0 Å². The summed E-state index contributed by atoms with van der Waals surface area (Å²) < 4.78 is 24.4. The molecule has 0 saturated heterocycles. The number of carbonyl (C=O) groups is 1. The van der Waals surface area contributed by atoms with Crippen molar-refractivity contribution >= 4 is 16.1 Å². The van der Waals surface area contributed by atoms with Crippen molar-refractivity contribution in [1.82, 2.24) is 9.78 Å². The lowest BCUT2D eigenvalue weighted by Gasteiger charge is -2.12. The van der Waals surface area contributed by atoms with Crippen molar-refractivity contribution < 1.29 is 13.2 Å². The molecule has 0 aromatic carbocycles. The quantitative estimate of drug-likeness (QED) is 0.725. The number of aromatic nitrogens is 2. The third-order valence-corrected chi connectivity index (χ3v) is 3.39. The standard InChI is InChI=1S/C9H14N2O3S/c1-4-7(2)11-9(15(3,13)14)8(6-12)5-10-11/h5-7H,4H2,1-3H3. The first-order valence-electron chi connectivity index (χ1n) is 4.64. The summed E-state index contributed by atoms with van der Waals surface area (Å²) in [4.78, 5) is 10.7. The molecule has 84 valence electrons. The lowest BCUT2D eigenvalue weighted by Crippen LogP contribution is -2.14. The molecule has 1 atom stereocenters. The predicted octanol–water partition coefficient (Wildman–Crippen LogP) is 1.07. The van der Waals surface area contributed by atoms with E-state index in [0.717, 1.165) is 12.7 Å². The molecule has 0 fully saturated rings. The van der Waals surface area contributed by atoms with E-state index in [0.29, 0.717) is 6.29 Å². The minimum absolute atomic E-state index is 0.00634. The average molecular weight is 230 g/mol. The minimum atomic E-state index is -3.42. The predicted molar refractivity (Wildman–Crippen MR) is 55.7 cm³/mol. The second-order valence-electron chi connectivity index (χ2n) is 3.50. The van der Waals surface area contributed by atoms with Gasteiger partial charge >= 0.3 is 0 Å². The summed E-state index contributed by atoms with van der Waals surface area (Å²) in [6, 6.07) is -0.0385. The van der Waals surface area contributed by atoms with Crippen molar-refractivity contribution in [2.45, 2.75) is 31.3 Å². The molecule has 0 aliphatic heterocycles. The normalized spacial score (nSPS) is 13.8. The third-order valence-electron chi connectivity index (χ3n) is 2.26. The number of hydrogen-bond acceptors (Lipinski definition) is 4. The number of aldehydes is 1. The van der Waals surface area contributed by atoms with Crippen LogP contribution in [-0.2, 0) is 9.84 Å². The van der Waals surface area contributed by atoms with Crippen molar-refractivity contribution in [1.29, 1.82) is 0 Å². The zero-order valence-corrected chi connectivity index (χ0v) is 9.78. The van der Waals surface area contributed by atoms with Gasteiger partial charge in [-0.3, -0.25) is 9.48 Å². The van der Waals surface area contributed by atoms with Crippen LogP contribution >= 0.6 is 0 Å². The molecule has 1 aromatic rings. The number of carbonyl (C=O) groups excluding carboxylic acids is 1. The Morgan fingerprint density at radius 1 is 1.60 bits per heavy atom. The number of hydrogen-bond donors (Lipinski definition) is 0. The van der Waals surface area contributed by atoms with Crippen molar-refractivity contribution in [2.75, 3.05) is 6.26 Å². The highest BCUT2D eigenvalue weighted by Gasteiger charge is 2.22. The summed E-state index contributed by atoms with van der Waals surface area (Å²) in [5.41, 5.74) is 0.123. The van der Waals surface area contributed by atoms with E-state index in [2.05, 4.69) is 5.10 Å². The first-order chi connectivity index (χ1) is 6.91. The Kier molecular flexibility index (Phi) is 3.28. The molecule has 0 bridgehead atoms. The smallest absolute Gasteiger partial charge is 0.193 e. The zero-order chi connectivity index (χ0) is 11.6. The average Bonchev–Trinajstić information content (AvgIpc) is 2.59. The van der Waals surface area contributed by atoms with Gasteiger partial charge in [0, 0.05) is 6.26 Å². The van der Waals surface area contributed by atoms with E-state index in [-0.39, 0.29) is 16.6 Å². The van der Waals surface area contributed by atoms with Crippen LogP contribution in [0.5, 0.6) is 0 Å². The molecule has 0 aliphatic rings. The third kappa shape index (κ3) is 2.26. The maximum absolute atomic E-state index is 11.5. The number of nitrogens with zero attached hydrogens (tertiary/aromatic N) is 2. The second-order valence-corrected chi connectivity index (χ2v) is 5.43. The van der Waals surface area contributed by atoms with E-state index in [9.17, 15) is 13.2 Å². The van der Waals surface area contributed by atoms with Crippen LogP contribution in [0.15, 0.2) is 11.2 Å². The fourth-order valence-electron chi connectivity index (χ4n) is 1.32. The molecule has 0 radical (unpaired) electrons. The zero-order valence-electron chi connectivity index (χ0n) is 8.97. The Labute approximate surface area is 89.0 Å². The van der Waals surface area contributed by atoms with E-state index in [1.807, 2.05) is 13.8 Å². The Balaban J connectivity index is 3.43. The van der Waals surface area contributed by atoms with Gasteiger partial charge in [-0.1, -0.05) is 6.92 Å². The molecular formula is C9H14N2O3S. The van der Waals surface area contributed by atoms with Gasteiger partial charge in [-0.2, -0.15) is 5.10 Å². The molecule has 15 heavy (non-hydrogen) atoms. The molecule has 1 heterocycles. The minimum Gasteiger partial charge on any atom is -0.298 e. The summed E-state index contributed by atoms with van der Waals surface area (Å²) in [6.07, 6.45) is 3.64. The summed E-state index contributed by atoms with van der Waals surface area (Å²) in [7, 11) is -3.42. The van der Waals surface area contributed by atoms with Gasteiger partial charge in [0.1, 0.15) is 0 Å². The van der Waals surface area contributed by atoms with Crippen molar-refractivity contribution in [3.8, 4) is 0 Å². The van der Waals surface area contributed by atoms with Gasteiger partial charge in [-0.05, 0) is 13.3 Å². The topological polar surface area (TPSA) is 69.0 Å². The van der Waals surface area contributed by atoms with Gasteiger partial charge in [0.05, 0.1) is 17.8 Å². The number of rotatable bonds is 4. The maximum Gasteiger partial charge on any atom is 0.193 e. The lowest BCUT2D eigenvalue weighted by molar-refractivity contribution is 0.112. The van der Waals surface area contributed by atoms with Crippen LogP contribution in [-0.4, -0.2) is 30.7 Å². The maximum atomic E-state index is 11.5. The van der Waals surface area contributed by atoms with Gasteiger partial charge in [-0.15, -0.1) is 0 Å². The first kappa shape index (κ1) is 11.9. The molecular weight excluding hydrogens is 216 g/mol. The molecule has 1 aromatic heterocycles. The molecule has 0 aliphatic carbocycles. The lowest BCUT2D eigenvalue weighted by atomic mass is 10.3. The molecule has 5 nitrogen and oxygen atoms in total. The highest BCUT2D eigenvalue weighted by atomic mass is 32.2. The van der Waals surface area contributed by atoms with Gasteiger partial charge in [0.2, 0.25) is 0 Å². The Hall–Kier alpha value is -1.17. The molecule has 1 rings (SSSR count). The molecule has 0 saturated carbocycles. The van der Waals surface area contributed by atoms with Crippen molar-refractivity contribution in [3.63, 3.8) is 0 Å². The van der Waals surface area contributed by atoms with Gasteiger partial charge in [-0.25, -0.2) is 8.42 Å². The van der Waals surface area contributed by atoms with Crippen LogP contribution in [0.3, 0.4) is 0 Å². The van der Waals surface area contributed by atoms with Crippen LogP contribution in [0.1, 0.15) is 36.7 Å². The Morgan fingerprint density at radius 3 is 2.60 bits per heavy atom. The van der Waals surface area contributed by atoms with Gasteiger partial charge < -0.3 is 0 Å². The fourth-order valence-corrected chi connectivity index (χ4v) is 2.41. The van der Waals surface area contributed by atoms with Crippen LogP contribution in [0.2, 0.25) is 0 Å². The van der Waals surface area contributed by atoms with Crippen molar-refractivity contribution in [2.24, 2.45) is 0 Å². The van der Waals surface area contributed by atoms with Crippen LogP contribution < -0.4 is 0 Å². The second kappa shape index (κ2) is 4.14. The van der Waals surface area contributed by atoms with E-state index < -0.39 is 9.84 Å². The van der Waals surface area contributed by atoms with E-state index >= 15 is 0 Å². The molecule has 0 amide bonds.